The minimum atomic E-state index is -1.30. The van der Waals surface area contributed by atoms with Gasteiger partial charge < -0.3 is 25.8 Å². The van der Waals surface area contributed by atoms with Crippen LogP contribution in [0, 0.1) is 0 Å². The zero-order valence-corrected chi connectivity index (χ0v) is 9.33. The molecule has 0 aliphatic carbocycles. The fraction of sp³-hybridized carbons (Fsp3) is 0.364. The highest BCUT2D eigenvalue weighted by Crippen LogP contribution is 2.26. The standard InChI is InChI=1S/C11H15NO5/c1-17-10(15)5-9(14)11(16)6-2-3-7(12)8(13)4-6/h2-4,9,11,13-14,16H,5,12H2,1H3. The van der Waals surface area contributed by atoms with Gasteiger partial charge in [0.25, 0.3) is 0 Å². The third kappa shape index (κ3) is 3.33. The summed E-state index contributed by atoms with van der Waals surface area (Å²) in [5.74, 6) is -0.817. The summed E-state index contributed by atoms with van der Waals surface area (Å²) in [7, 11) is 1.19. The largest absolute Gasteiger partial charge is 0.506 e. The summed E-state index contributed by atoms with van der Waals surface area (Å²) < 4.78 is 4.37. The lowest BCUT2D eigenvalue weighted by Gasteiger charge is -2.17. The number of ether oxygens (including phenoxy) is 1. The van der Waals surface area contributed by atoms with E-state index in [4.69, 9.17) is 5.73 Å². The van der Waals surface area contributed by atoms with Crippen LogP contribution in [0.5, 0.6) is 5.75 Å². The predicted octanol–water partition coefficient (Wildman–Crippen LogP) is -0.0682. The molecule has 0 aliphatic rings. The normalized spacial score (nSPS) is 14.1. The summed E-state index contributed by atoms with van der Waals surface area (Å²) in [4.78, 5) is 10.9. The lowest BCUT2D eigenvalue weighted by molar-refractivity contribution is -0.144. The van der Waals surface area contributed by atoms with Crippen molar-refractivity contribution < 1.29 is 24.9 Å². The Labute approximate surface area is 98.3 Å². The molecule has 0 heterocycles. The second-order valence-electron chi connectivity index (χ2n) is 3.61. The van der Waals surface area contributed by atoms with Gasteiger partial charge in [0, 0.05) is 0 Å². The number of carbonyl (C=O) groups excluding carboxylic acids is 1. The molecule has 0 aromatic heterocycles. The van der Waals surface area contributed by atoms with Crippen molar-refractivity contribution in [3.05, 3.63) is 23.8 Å². The number of aromatic hydroxyl groups is 1. The van der Waals surface area contributed by atoms with Crippen molar-refractivity contribution in [2.24, 2.45) is 0 Å². The quantitative estimate of drug-likeness (QED) is 0.333. The van der Waals surface area contributed by atoms with Crippen molar-refractivity contribution in [1.82, 2.24) is 0 Å². The zero-order chi connectivity index (χ0) is 13.0. The Bertz CT molecular complexity index is 407. The number of carbonyl (C=O) groups is 1. The molecule has 1 rings (SSSR count). The average molecular weight is 241 g/mol. The topological polar surface area (TPSA) is 113 Å². The van der Waals surface area contributed by atoms with Crippen LogP contribution in [0.4, 0.5) is 5.69 Å². The van der Waals surface area contributed by atoms with Gasteiger partial charge in [-0.2, -0.15) is 0 Å². The molecular formula is C11H15NO5. The Morgan fingerprint density at radius 3 is 2.65 bits per heavy atom. The van der Waals surface area contributed by atoms with Crippen LogP contribution in [-0.4, -0.2) is 34.5 Å². The summed E-state index contributed by atoms with van der Waals surface area (Å²) in [6, 6.07) is 4.10. The maximum atomic E-state index is 10.9. The van der Waals surface area contributed by atoms with Gasteiger partial charge in [-0.1, -0.05) is 6.07 Å². The smallest absolute Gasteiger partial charge is 0.308 e. The summed E-state index contributed by atoms with van der Waals surface area (Å²) in [6.07, 6.45) is -2.92. The van der Waals surface area contributed by atoms with Gasteiger partial charge in [-0.25, -0.2) is 0 Å². The number of phenols is 1. The minimum absolute atomic E-state index is 0.170. The fourth-order valence-corrected chi connectivity index (χ4v) is 1.33. The zero-order valence-electron chi connectivity index (χ0n) is 9.33. The maximum Gasteiger partial charge on any atom is 0.308 e. The summed E-state index contributed by atoms with van der Waals surface area (Å²) >= 11 is 0. The van der Waals surface area contributed by atoms with Gasteiger partial charge in [0.05, 0.1) is 25.3 Å². The Kier molecular flexibility index (Phi) is 4.30. The van der Waals surface area contributed by atoms with E-state index in [1.165, 1.54) is 25.3 Å². The molecule has 0 bridgehead atoms. The number of anilines is 1. The number of methoxy groups -OCH3 is 1. The molecule has 0 amide bonds. The Morgan fingerprint density at radius 2 is 2.12 bits per heavy atom. The SMILES string of the molecule is COC(=O)CC(O)C(O)c1ccc(N)c(O)c1. The van der Waals surface area contributed by atoms with Gasteiger partial charge in [-0.15, -0.1) is 0 Å². The summed E-state index contributed by atoms with van der Waals surface area (Å²) in [5, 5.41) is 28.7. The summed E-state index contributed by atoms with van der Waals surface area (Å²) in [5.41, 5.74) is 5.84. The van der Waals surface area contributed by atoms with Crippen molar-refractivity contribution in [2.45, 2.75) is 18.6 Å². The van der Waals surface area contributed by atoms with E-state index in [-0.39, 0.29) is 23.4 Å². The molecule has 1 aromatic rings. The van der Waals surface area contributed by atoms with E-state index in [1.54, 1.807) is 0 Å². The van der Waals surface area contributed by atoms with Gasteiger partial charge in [0.2, 0.25) is 0 Å². The molecule has 1 aromatic carbocycles. The lowest BCUT2D eigenvalue weighted by atomic mass is 10.0. The number of phenolic OH excluding ortho intramolecular Hbond substituents is 1. The summed E-state index contributed by atoms with van der Waals surface area (Å²) in [6.45, 7) is 0. The predicted molar refractivity (Wildman–Crippen MR) is 60.1 cm³/mol. The first kappa shape index (κ1) is 13.3. The molecule has 5 N–H and O–H groups in total. The molecule has 0 aliphatic heterocycles. The number of nitrogens with two attached hydrogens (primary N) is 1. The van der Waals surface area contributed by atoms with Crippen LogP contribution in [0.3, 0.4) is 0 Å². The number of benzene rings is 1. The van der Waals surface area contributed by atoms with Crippen molar-refractivity contribution in [2.75, 3.05) is 12.8 Å². The van der Waals surface area contributed by atoms with Crippen molar-refractivity contribution in [1.29, 1.82) is 0 Å². The highest BCUT2D eigenvalue weighted by Gasteiger charge is 2.22. The van der Waals surface area contributed by atoms with E-state index < -0.39 is 18.2 Å². The molecule has 0 spiro atoms. The number of nitrogen functional groups attached to an aromatic ring is 1. The number of hydrogen-bond donors (Lipinski definition) is 4. The van der Waals surface area contributed by atoms with E-state index in [2.05, 4.69) is 4.74 Å². The second kappa shape index (κ2) is 5.51. The van der Waals surface area contributed by atoms with Crippen molar-refractivity contribution >= 4 is 11.7 Å². The highest BCUT2D eigenvalue weighted by molar-refractivity contribution is 5.69. The van der Waals surface area contributed by atoms with Gasteiger partial charge >= 0.3 is 5.97 Å². The van der Waals surface area contributed by atoms with Crippen LogP contribution < -0.4 is 5.73 Å². The van der Waals surface area contributed by atoms with E-state index in [0.29, 0.717) is 0 Å². The molecule has 6 nitrogen and oxygen atoms in total. The van der Waals surface area contributed by atoms with Crippen molar-refractivity contribution in [3.63, 3.8) is 0 Å². The molecule has 0 saturated carbocycles. The van der Waals surface area contributed by atoms with E-state index in [9.17, 15) is 20.1 Å². The molecular weight excluding hydrogens is 226 g/mol. The molecule has 2 unspecified atom stereocenters. The van der Waals surface area contributed by atoms with Gasteiger partial charge in [0.1, 0.15) is 11.9 Å². The van der Waals surface area contributed by atoms with Crippen LogP contribution in [0.25, 0.3) is 0 Å². The first-order chi connectivity index (χ1) is 7.95. The Balaban J connectivity index is 2.77. The van der Waals surface area contributed by atoms with Crippen LogP contribution in [0.2, 0.25) is 0 Å². The third-order valence-electron chi connectivity index (χ3n) is 2.36. The molecule has 94 valence electrons. The van der Waals surface area contributed by atoms with Gasteiger partial charge in [-0.05, 0) is 17.7 Å². The molecule has 6 heteroatoms. The van der Waals surface area contributed by atoms with E-state index >= 15 is 0 Å². The molecule has 17 heavy (non-hydrogen) atoms. The monoisotopic (exact) mass is 241 g/mol. The maximum absolute atomic E-state index is 10.9. The van der Waals surface area contributed by atoms with E-state index in [1.807, 2.05) is 0 Å². The fourth-order valence-electron chi connectivity index (χ4n) is 1.33. The molecule has 0 radical (unpaired) electrons. The average Bonchev–Trinajstić information content (AvgIpc) is 2.31. The number of rotatable bonds is 4. The van der Waals surface area contributed by atoms with E-state index in [0.717, 1.165) is 0 Å². The first-order valence-electron chi connectivity index (χ1n) is 4.97. The van der Waals surface area contributed by atoms with Crippen molar-refractivity contribution in [3.8, 4) is 5.75 Å². The lowest BCUT2D eigenvalue weighted by Crippen LogP contribution is -2.22. The molecule has 2 atom stereocenters. The van der Waals surface area contributed by atoms with Crippen LogP contribution in [-0.2, 0) is 9.53 Å². The minimum Gasteiger partial charge on any atom is -0.506 e. The van der Waals surface area contributed by atoms with Gasteiger partial charge in [-0.3, -0.25) is 4.79 Å². The molecule has 0 saturated heterocycles. The van der Waals surface area contributed by atoms with Gasteiger partial charge in [0.15, 0.2) is 0 Å². The first-order valence-corrected chi connectivity index (χ1v) is 4.97. The van der Waals surface area contributed by atoms with Crippen LogP contribution >= 0.6 is 0 Å². The highest BCUT2D eigenvalue weighted by atomic mass is 16.5. The third-order valence-corrected chi connectivity index (χ3v) is 2.36. The number of aliphatic hydroxyl groups excluding tert-OH is 2. The Morgan fingerprint density at radius 1 is 1.47 bits per heavy atom. The van der Waals surface area contributed by atoms with Crippen LogP contribution in [0.1, 0.15) is 18.1 Å². The Hall–Kier alpha value is -1.79. The number of hydrogen-bond acceptors (Lipinski definition) is 6. The number of aliphatic hydroxyl groups is 2. The second-order valence-corrected chi connectivity index (χ2v) is 3.61. The number of esters is 1. The molecule has 0 fully saturated rings. The van der Waals surface area contributed by atoms with Crippen LogP contribution in [0.15, 0.2) is 18.2 Å².